The average molecular weight is 504 g/mol. The van der Waals surface area contributed by atoms with E-state index in [0.717, 1.165) is 18.6 Å². The van der Waals surface area contributed by atoms with Gasteiger partial charge in [0.15, 0.2) is 0 Å². The number of esters is 2. The largest absolute Gasteiger partial charge is 0.494 e. The molecule has 0 aliphatic carbocycles. The molecule has 0 aliphatic heterocycles. The lowest BCUT2D eigenvalue weighted by Crippen LogP contribution is -2.10. The van der Waals surface area contributed by atoms with Crippen LogP contribution in [0.4, 0.5) is 0 Å². The van der Waals surface area contributed by atoms with Crippen molar-refractivity contribution in [1.82, 2.24) is 0 Å². The second kappa shape index (κ2) is 14.4. The molecule has 0 unspecified atom stereocenters. The lowest BCUT2D eigenvalue weighted by molar-refractivity contribution is 0.0730. The SMILES string of the molecule is CCCCCCCCOc1ccc(C(=O)Oc2ccc(C(=O)Oc3ccc(C(C)=NO)cc3)cc2)cc1. The molecule has 194 valence electrons. The smallest absolute Gasteiger partial charge is 0.343 e. The van der Waals surface area contributed by atoms with Gasteiger partial charge in [0.1, 0.15) is 17.2 Å². The number of unbranched alkanes of at least 4 members (excludes halogenated alkanes) is 5. The summed E-state index contributed by atoms with van der Waals surface area (Å²) in [5.74, 6) is 0.344. The number of oxime groups is 1. The van der Waals surface area contributed by atoms with Crippen LogP contribution in [0.3, 0.4) is 0 Å². The highest BCUT2D eigenvalue weighted by Gasteiger charge is 2.12. The molecule has 0 spiro atoms. The Morgan fingerprint density at radius 2 is 1.08 bits per heavy atom. The summed E-state index contributed by atoms with van der Waals surface area (Å²) in [6.07, 6.45) is 7.22. The molecule has 0 saturated carbocycles. The maximum atomic E-state index is 12.5. The van der Waals surface area contributed by atoms with Crippen LogP contribution >= 0.6 is 0 Å². The third-order valence-electron chi connectivity index (χ3n) is 5.79. The lowest BCUT2D eigenvalue weighted by atomic mass is 10.1. The fourth-order valence-electron chi connectivity index (χ4n) is 3.57. The van der Waals surface area contributed by atoms with E-state index in [1.54, 1.807) is 55.5 Å². The molecule has 0 saturated heterocycles. The van der Waals surface area contributed by atoms with Crippen molar-refractivity contribution in [3.63, 3.8) is 0 Å². The number of nitrogens with zero attached hydrogens (tertiary/aromatic N) is 1. The lowest BCUT2D eigenvalue weighted by Gasteiger charge is -2.08. The fourth-order valence-corrected chi connectivity index (χ4v) is 3.57. The molecule has 0 aromatic heterocycles. The van der Waals surface area contributed by atoms with Crippen molar-refractivity contribution in [3.05, 3.63) is 89.5 Å². The molecule has 7 nitrogen and oxygen atoms in total. The minimum atomic E-state index is -0.547. The Labute approximate surface area is 217 Å². The first-order valence-electron chi connectivity index (χ1n) is 12.6. The highest BCUT2D eigenvalue weighted by Crippen LogP contribution is 2.19. The minimum absolute atomic E-state index is 0.309. The van der Waals surface area contributed by atoms with Crippen molar-refractivity contribution in [2.45, 2.75) is 52.4 Å². The second-order valence-electron chi connectivity index (χ2n) is 8.65. The van der Waals surface area contributed by atoms with E-state index < -0.39 is 11.9 Å². The summed E-state index contributed by atoms with van der Waals surface area (Å²) in [6.45, 7) is 4.53. The fraction of sp³-hybridized carbons (Fsp3) is 0.300. The van der Waals surface area contributed by atoms with Crippen LogP contribution in [0.15, 0.2) is 78.0 Å². The number of carbonyl (C=O) groups is 2. The van der Waals surface area contributed by atoms with Gasteiger partial charge < -0.3 is 19.4 Å². The van der Waals surface area contributed by atoms with Crippen LogP contribution in [0.1, 0.15) is 78.7 Å². The van der Waals surface area contributed by atoms with E-state index in [2.05, 4.69) is 12.1 Å². The maximum Gasteiger partial charge on any atom is 0.343 e. The molecule has 0 amide bonds. The molecule has 0 heterocycles. The van der Waals surface area contributed by atoms with Gasteiger partial charge in [-0.1, -0.05) is 44.2 Å². The Kier molecular flexibility index (Phi) is 10.7. The summed E-state index contributed by atoms with van der Waals surface area (Å²) in [7, 11) is 0. The van der Waals surface area contributed by atoms with Gasteiger partial charge in [-0.05, 0) is 91.7 Å². The van der Waals surface area contributed by atoms with Crippen molar-refractivity contribution in [1.29, 1.82) is 0 Å². The van der Waals surface area contributed by atoms with E-state index >= 15 is 0 Å². The summed E-state index contributed by atoms with van der Waals surface area (Å²) in [6, 6.07) is 19.6. The summed E-state index contributed by atoms with van der Waals surface area (Å²) in [4.78, 5) is 24.9. The number of hydrogen-bond donors (Lipinski definition) is 1. The molecular formula is C30H33NO6. The molecule has 37 heavy (non-hydrogen) atoms. The summed E-state index contributed by atoms with van der Waals surface area (Å²) < 4.78 is 16.5. The van der Waals surface area contributed by atoms with Crippen molar-refractivity contribution in [2.24, 2.45) is 5.16 Å². The quantitative estimate of drug-likeness (QED) is 0.0670. The molecule has 3 aromatic rings. The van der Waals surface area contributed by atoms with Crippen molar-refractivity contribution < 1.29 is 29.0 Å². The summed E-state index contributed by atoms with van der Waals surface area (Å²) >= 11 is 0. The Morgan fingerprint density at radius 3 is 1.57 bits per heavy atom. The molecule has 0 aliphatic rings. The summed E-state index contributed by atoms with van der Waals surface area (Å²) in [5, 5.41) is 12.0. The van der Waals surface area contributed by atoms with Gasteiger partial charge in [-0.3, -0.25) is 0 Å². The highest BCUT2D eigenvalue weighted by atomic mass is 16.5. The molecule has 0 fully saturated rings. The Balaban J connectivity index is 1.46. The van der Waals surface area contributed by atoms with Crippen molar-refractivity contribution in [2.75, 3.05) is 6.61 Å². The van der Waals surface area contributed by atoms with E-state index in [0.29, 0.717) is 40.5 Å². The predicted molar refractivity (Wildman–Crippen MR) is 142 cm³/mol. The van der Waals surface area contributed by atoms with E-state index in [1.807, 2.05) is 0 Å². The number of ether oxygens (including phenoxy) is 3. The molecule has 0 atom stereocenters. The minimum Gasteiger partial charge on any atom is -0.494 e. The van der Waals surface area contributed by atoms with Gasteiger partial charge in [0, 0.05) is 0 Å². The standard InChI is InChI=1S/C30H33NO6/c1-3-4-5-6-7-8-21-35-26-15-11-24(12-16-26)29(32)37-28-19-13-25(14-20-28)30(33)36-27-17-9-23(10-18-27)22(2)31-34/h9-20,34H,3-8,21H2,1-2H3. The molecular weight excluding hydrogens is 470 g/mol. The zero-order valence-corrected chi connectivity index (χ0v) is 21.3. The number of carbonyl (C=O) groups excluding carboxylic acids is 2. The van der Waals surface area contributed by atoms with Crippen LogP contribution in [0.2, 0.25) is 0 Å². The maximum absolute atomic E-state index is 12.5. The summed E-state index contributed by atoms with van der Waals surface area (Å²) in [5.41, 5.74) is 1.88. The number of hydrogen-bond acceptors (Lipinski definition) is 7. The zero-order chi connectivity index (χ0) is 26.5. The zero-order valence-electron chi connectivity index (χ0n) is 21.3. The van der Waals surface area contributed by atoms with Crippen molar-refractivity contribution in [3.8, 4) is 17.2 Å². The van der Waals surface area contributed by atoms with E-state index in [4.69, 9.17) is 19.4 Å². The van der Waals surface area contributed by atoms with Gasteiger partial charge in [0.05, 0.1) is 23.4 Å². The highest BCUT2D eigenvalue weighted by molar-refractivity contribution is 5.98. The first-order valence-corrected chi connectivity index (χ1v) is 12.6. The van der Waals surface area contributed by atoms with Crippen molar-refractivity contribution >= 4 is 17.7 Å². The van der Waals surface area contributed by atoms with Crippen LogP contribution < -0.4 is 14.2 Å². The van der Waals surface area contributed by atoms with Crippen LogP contribution in [-0.2, 0) is 0 Å². The molecule has 3 aromatic carbocycles. The van der Waals surface area contributed by atoms with Gasteiger partial charge in [0.2, 0.25) is 0 Å². The first-order chi connectivity index (χ1) is 18.0. The average Bonchev–Trinajstić information content (AvgIpc) is 2.93. The molecule has 1 N–H and O–H groups in total. The topological polar surface area (TPSA) is 94.4 Å². The Hall–Kier alpha value is -4.13. The van der Waals surface area contributed by atoms with Gasteiger partial charge in [-0.15, -0.1) is 0 Å². The van der Waals surface area contributed by atoms with Gasteiger partial charge in [0.25, 0.3) is 0 Å². The van der Waals surface area contributed by atoms with E-state index in [9.17, 15) is 9.59 Å². The van der Waals surface area contributed by atoms with Crippen LogP contribution in [-0.4, -0.2) is 29.5 Å². The number of benzene rings is 3. The normalized spacial score (nSPS) is 11.1. The van der Waals surface area contributed by atoms with E-state index in [1.165, 1.54) is 49.9 Å². The first kappa shape index (κ1) is 27.5. The second-order valence-corrected chi connectivity index (χ2v) is 8.65. The molecule has 0 radical (unpaired) electrons. The molecule has 7 heteroatoms. The predicted octanol–water partition coefficient (Wildman–Crippen LogP) is 7.06. The Morgan fingerprint density at radius 1 is 0.649 bits per heavy atom. The van der Waals surface area contributed by atoms with Crippen LogP contribution in [0.5, 0.6) is 17.2 Å². The van der Waals surface area contributed by atoms with Crippen LogP contribution in [0.25, 0.3) is 0 Å². The molecule has 3 rings (SSSR count). The number of rotatable bonds is 13. The third kappa shape index (κ3) is 8.79. The Bertz CT molecular complexity index is 1170. The van der Waals surface area contributed by atoms with Gasteiger partial charge in [-0.25, -0.2) is 9.59 Å². The van der Waals surface area contributed by atoms with Gasteiger partial charge in [-0.2, -0.15) is 0 Å². The monoisotopic (exact) mass is 503 g/mol. The van der Waals surface area contributed by atoms with Crippen LogP contribution in [0, 0.1) is 0 Å². The molecule has 0 bridgehead atoms. The van der Waals surface area contributed by atoms with E-state index in [-0.39, 0.29) is 0 Å². The van der Waals surface area contributed by atoms with Gasteiger partial charge >= 0.3 is 11.9 Å². The third-order valence-corrected chi connectivity index (χ3v) is 5.79.